The van der Waals surface area contributed by atoms with Crippen molar-refractivity contribution in [3.05, 3.63) is 29.1 Å². The Bertz CT molecular complexity index is 731. The molecule has 0 fully saturated rings. The van der Waals surface area contributed by atoms with Gasteiger partial charge in [0.15, 0.2) is 12.0 Å². The van der Waals surface area contributed by atoms with Crippen LogP contribution in [0.4, 0.5) is 13.2 Å². The lowest BCUT2D eigenvalue weighted by Gasteiger charge is -2.11. The van der Waals surface area contributed by atoms with E-state index in [4.69, 9.17) is 0 Å². The van der Waals surface area contributed by atoms with Gasteiger partial charge in [-0.2, -0.15) is 21.6 Å². The maximum atomic E-state index is 12.2. The van der Waals surface area contributed by atoms with Crippen LogP contribution in [-0.2, 0) is 10.1 Å². The summed E-state index contributed by atoms with van der Waals surface area (Å²) >= 11 is 1.26. The largest absolute Gasteiger partial charge is 0.534 e. The molecule has 4 nitrogen and oxygen atoms in total. The van der Waals surface area contributed by atoms with Crippen LogP contribution in [0.5, 0.6) is 5.75 Å². The van der Waals surface area contributed by atoms with Crippen LogP contribution >= 0.6 is 11.3 Å². The minimum absolute atomic E-state index is 0.230. The fourth-order valence-electron chi connectivity index (χ4n) is 1.41. The molecule has 0 N–H and O–H groups in total. The molecular formula is C10H5F3O4S2. The fraction of sp³-hybridized carbons (Fsp3) is 0.100. The smallest absolute Gasteiger partial charge is 0.375 e. The number of alkyl halides is 3. The molecule has 2 aromatic rings. The average molecular weight is 310 g/mol. The van der Waals surface area contributed by atoms with Gasteiger partial charge in [-0.3, -0.25) is 4.79 Å². The Kier molecular flexibility index (Phi) is 3.27. The number of carbonyl (C=O) groups excluding carboxylic acids is 1. The van der Waals surface area contributed by atoms with Gasteiger partial charge in [-0.25, -0.2) is 0 Å². The molecule has 1 aromatic heterocycles. The SMILES string of the molecule is O=Cc1c(OS(=O)(=O)C(F)(F)F)ccc2sccc12. The van der Waals surface area contributed by atoms with Gasteiger partial charge in [0, 0.05) is 10.1 Å². The summed E-state index contributed by atoms with van der Waals surface area (Å²) in [5, 5.41) is 1.97. The molecule has 9 heteroatoms. The molecule has 0 aliphatic carbocycles. The Morgan fingerprint density at radius 1 is 1.21 bits per heavy atom. The predicted molar refractivity (Wildman–Crippen MR) is 62.8 cm³/mol. The second-order valence-corrected chi connectivity index (χ2v) is 5.90. The van der Waals surface area contributed by atoms with Crippen LogP contribution in [0.2, 0.25) is 0 Å². The van der Waals surface area contributed by atoms with Crippen LogP contribution in [0.3, 0.4) is 0 Å². The second-order valence-electron chi connectivity index (χ2n) is 3.41. The second kappa shape index (κ2) is 4.49. The molecule has 0 saturated heterocycles. The molecule has 0 aliphatic heterocycles. The van der Waals surface area contributed by atoms with Crippen molar-refractivity contribution < 1.29 is 30.6 Å². The summed E-state index contributed by atoms with van der Waals surface area (Å²) in [4.78, 5) is 10.9. The lowest BCUT2D eigenvalue weighted by molar-refractivity contribution is -0.0500. The molecule has 19 heavy (non-hydrogen) atoms. The van der Waals surface area contributed by atoms with Crippen LogP contribution in [-0.4, -0.2) is 20.2 Å². The van der Waals surface area contributed by atoms with E-state index in [1.54, 1.807) is 5.38 Å². The highest BCUT2D eigenvalue weighted by Crippen LogP contribution is 2.33. The van der Waals surface area contributed by atoms with E-state index in [1.807, 2.05) is 0 Å². The van der Waals surface area contributed by atoms with E-state index in [0.717, 1.165) is 6.07 Å². The first-order chi connectivity index (χ1) is 8.76. The molecule has 0 unspecified atom stereocenters. The first kappa shape index (κ1) is 13.8. The summed E-state index contributed by atoms with van der Waals surface area (Å²) in [5.74, 6) is -0.641. The molecule has 0 radical (unpaired) electrons. The lowest BCUT2D eigenvalue weighted by Crippen LogP contribution is -2.28. The van der Waals surface area contributed by atoms with Gasteiger partial charge in [0.05, 0.1) is 5.56 Å². The number of aldehydes is 1. The average Bonchev–Trinajstić information content (AvgIpc) is 2.74. The monoisotopic (exact) mass is 310 g/mol. The van der Waals surface area contributed by atoms with Gasteiger partial charge < -0.3 is 4.18 Å². The predicted octanol–water partition coefficient (Wildman–Crippen LogP) is 2.94. The number of carbonyl (C=O) groups is 1. The Morgan fingerprint density at radius 2 is 1.89 bits per heavy atom. The van der Waals surface area contributed by atoms with Gasteiger partial charge in [-0.1, -0.05) is 0 Å². The molecule has 0 spiro atoms. The zero-order valence-electron chi connectivity index (χ0n) is 8.97. The molecule has 0 saturated carbocycles. The Morgan fingerprint density at radius 3 is 2.47 bits per heavy atom. The maximum Gasteiger partial charge on any atom is 0.534 e. The van der Waals surface area contributed by atoms with Crippen molar-refractivity contribution in [2.45, 2.75) is 5.51 Å². The van der Waals surface area contributed by atoms with E-state index in [0.29, 0.717) is 10.1 Å². The Labute approximate surface area is 109 Å². The van der Waals surface area contributed by atoms with Crippen LogP contribution < -0.4 is 4.18 Å². The molecule has 1 heterocycles. The van der Waals surface area contributed by atoms with Crippen molar-refractivity contribution >= 4 is 37.8 Å². The summed E-state index contributed by atoms with van der Waals surface area (Å²) in [5.41, 5.74) is -5.77. The molecule has 0 bridgehead atoms. The van der Waals surface area contributed by atoms with Gasteiger partial charge >= 0.3 is 15.6 Å². The van der Waals surface area contributed by atoms with Gasteiger partial charge in [-0.15, -0.1) is 11.3 Å². The highest BCUT2D eigenvalue weighted by atomic mass is 32.2. The van der Waals surface area contributed by atoms with E-state index < -0.39 is 21.4 Å². The summed E-state index contributed by atoms with van der Waals surface area (Å²) in [6, 6.07) is 3.90. The van der Waals surface area contributed by atoms with Gasteiger partial charge in [0.1, 0.15) is 0 Å². The number of hydrogen-bond acceptors (Lipinski definition) is 5. The van der Waals surface area contributed by atoms with Crippen molar-refractivity contribution in [2.24, 2.45) is 0 Å². The molecule has 1 aromatic carbocycles. The third-order valence-electron chi connectivity index (χ3n) is 2.24. The lowest BCUT2D eigenvalue weighted by atomic mass is 10.1. The molecule has 2 rings (SSSR count). The highest BCUT2D eigenvalue weighted by Gasteiger charge is 2.48. The minimum Gasteiger partial charge on any atom is -0.375 e. The van der Waals surface area contributed by atoms with E-state index in [-0.39, 0.29) is 11.8 Å². The van der Waals surface area contributed by atoms with Gasteiger partial charge in [-0.05, 0) is 23.6 Å². The van der Waals surface area contributed by atoms with Crippen LogP contribution in [0, 0.1) is 0 Å². The number of fused-ring (bicyclic) bond motifs is 1. The topological polar surface area (TPSA) is 60.4 Å². The van der Waals surface area contributed by atoms with Crippen molar-refractivity contribution in [2.75, 3.05) is 0 Å². The van der Waals surface area contributed by atoms with E-state index in [9.17, 15) is 26.4 Å². The fourth-order valence-corrected chi connectivity index (χ4v) is 2.68. The summed E-state index contributed by atoms with van der Waals surface area (Å²) in [7, 11) is -5.79. The zero-order chi connectivity index (χ0) is 14.3. The van der Waals surface area contributed by atoms with E-state index >= 15 is 0 Å². The quantitative estimate of drug-likeness (QED) is 0.497. The standard InChI is InChI=1S/C10H5F3O4S2/c11-10(12,13)19(15,16)17-8-1-2-9-6(3-4-18-9)7(8)5-14/h1-5H. The van der Waals surface area contributed by atoms with Crippen molar-refractivity contribution in [3.8, 4) is 5.75 Å². The third kappa shape index (κ3) is 2.43. The zero-order valence-corrected chi connectivity index (χ0v) is 10.6. The van der Waals surface area contributed by atoms with Gasteiger partial charge in [0.25, 0.3) is 0 Å². The summed E-state index contributed by atoms with van der Waals surface area (Å²) < 4.78 is 63.1. The number of hydrogen-bond donors (Lipinski definition) is 0. The molecule has 0 amide bonds. The number of thiophene rings is 1. The van der Waals surface area contributed by atoms with Crippen LogP contribution in [0.15, 0.2) is 23.6 Å². The Balaban J connectivity index is 2.55. The van der Waals surface area contributed by atoms with E-state index in [2.05, 4.69) is 4.18 Å². The molecule has 102 valence electrons. The van der Waals surface area contributed by atoms with Crippen molar-refractivity contribution in [1.29, 1.82) is 0 Å². The minimum atomic E-state index is -5.79. The summed E-state index contributed by atoms with van der Waals surface area (Å²) in [6.07, 6.45) is 0.260. The van der Waals surface area contributed by atoms with E-state index in [1.165, 1.54) is 23.5 Å². The highest BCUT2D eigenvalue weighted by molar-refractivity contribution is 7.88. The number of halogens is 3. The maximum absolute atomic E-state index is 12.2. The van der Waals surface area contributed by atoms with Crippen LogP contribution in [0.1, 0.15) is 10.4 Å². The normalized spacial score (nSPS) is 12.6. The van der Waals surface area contributed by atoms with Crippen LogP contribution in [0.25, 0.3) is 10.1 Å². The first-order valence-electron chi connectivity index (χ1n) is 4.72. The number of rotatable bonds is 3. The molecular weight excluding hydrogens is 305 g/mol. The first-order valence-corrected chi connectivity index (χ1v) is 7.01. The third-order valence-corrected chi connectivity index (χ3v) is 4.09. The van der Waals surface area contributed by atoms with Crippen molar-refractivity contribution in [3.63, 3.8) is 0 Å². The molecule has 0 atom stereocenters. The summed E-state index contributed by atoms with van der Waals surface area (Å²) in [6.45, 7) is 0. The molecule has 0 aliphatic rings. The Hall–Kier alpha value is -1.61. The van der Waals surface area contributed by atoms with Crippen molar-refractivity contribution in [1.82, 2.24) is 0 Å². The number of benzene rings is 1. The van der Waals surface area contributed by atoms with Gasteiger partial charge in [0.2, 0.25) is 0 Å².